The molecule has 114 valence electrons. The van der Waals surface area contributed by atoms with Gasteiger partial charge in [0.05, 0.1) is 28.6 Å². The summed E-state index contributed by atoms with van der Waals surface area (Å²) in [4.78, 5) is 0. The third kappa shape index (κ3) is 3.18. The highest BCUT2D eigenvalue weighted by molar-refractivity contribution is 6.31. The molecular weight excluding hydrogens is 274 g/mol. The summed E-state index contributed by atoms with van der Waals surface area (Å²) in [6, 6.07) is 0.296. The molecule has 0 amide bonds. The van der Waals surface area contributed by atoms with Crippen molar-refractivity contribution in [3.63, 3.8) is 0 Å². The summed E-state index contributed by atoms with van der Waals surface area (Å²) >= 11 is 6.49. The quantitative estimate of drug-likeness (QED) is 0.878. The first-order valence-electron chi connectivity index (χ1n) is 7.67. The Kier molecular flexibility index (Phi) is 5.47. The fraction of sp³-hybridized carbons (Fsp3) is 0.800. The Morgan fingerprint density at radius 2 is 2.20 bits per heavy atom. The largest absolute Gasteiger partial charge is 0.374 e. The molecule has 0 saturated carbocycles. The van der Waals surface area contributed by atoms with Crippen LogP contribution in [0.4, 0.5) is 0 Å². The van der Waals surface area contributed by atoms with E-state index in [0.29, 0.717) is 12.1 Å². The van der Waals surface area contributed by atoms with E-state index in [1.807, 2.05) is 11.7 Å². The first-order chi connectivity index (χ1) is 9.60. The predicted octanol–water partition coefficient (Wildman–Crippen LogP) is 2.82. The lowest BCUT2D eigenvalue weighted by Crippen LogP contribution is -2.40. The zero-order valence-electron chi connectivity index (χ0n) is 12.9. The van der Waals surface area contributed by atoms with E-state index in [4.69, 9.17) is 16.3 Å². The third-order valence-electron chi connectivity index (χ3n) is 4.19. The summed E-state index contributed by atoms with van der Waals surface area (Å²) < 4.78 is 8.03. The molecule has 1 fully saturated rings. The number of aromatic nitrogens is 2. The van der Waals surface area contributed by atoms with E-state index in [-0.39, 0.29) is 6.10 Å². The lowest BCUT2D eigenvalue weighted by atomic mass is 10.0. The molecule has 5 heteroatoms. The van der Waals surface area contributed by atoms with Crippen molar-refractivity contribution in [2.24, 2.45) is 0 Å². The Morgan fingerprint density at radius 1 is 1.45 bits per heavy atom. The number of halogens is 1. The van der Waals surface area contributed by atoms with Gasteiger partial charge in [-0.15, -0.1) is 0 Å². The van der Waals surface area contributed by atoms with Crippen molar-refractivity contribution in [3.8, 4) is 0 Å². The fourth-order valence-electron chi connectivity index (χ4n) is 2.97. The third-order valence-corrected chi connectivity index (χ3v) is 4.63. The SMILES string of the molecule is CCc1nn(CC)c(CC(NC)C2CCC(C)O2)c1Cl. The molecule has 1 aromatic heterocycles. The van der Waals surface area contributed by atoms with Gasteiger partial charge in [-0.3, -0.25) is 4.68 Å². The van der Waals surface area contributed by atoms with Crippen LogP contribution in [0.3, 0.4) is 0 Å². The molecular formula is C15H26ClN3O. The summed E-state index contributed by atoms with van der Waals surface area (Å²) in [6.07, 6.45) is 4.65. The molecule has 0 radical (unpaired) electrons. The zero-order chi connectivity index (χ0) is 14.7. The van der Waals surface area contributed by atoms with Crippen LogP contribution >= 0.6 is 11.6 Å². The van der Waals surface area contributed by atoms with Crippen LogP contribution in [0.2, 0.25) is 5.02 Å². The maximum Gasteiger partial charge on any atom is 0.0850 e. The van der Waals surface area contributed by atoms with Crippen molar-refractivity contribution < 1.29 is 4.74 Å². The lowest BCUT2D eigenvalue weighted by molar-refractivity contribution is 0.0333. The highest BCUT2D eigenvalue weighted by Crippen LogP contribution is 2.27. The summed E-state index contributed by atoms with van der Waals surface area (Å²) in [5.41, 5.74) is 2.13. The second-order valence-corrected chi connectivity index (χ2v) is 5.92. The number of ether oxygens (including phenoxy) is 1. The average Bonchev–Trinajstić information content (AvgIpc) is 3.00. The van der Waals surface area contributed by atoms with Crippen molar-refractivity contribution >= 4 is 11.6 Å². The maximum absolute atomic E-state index is 6.49. The molecule has 1 saturated heterocycles. The molecule has 3 unspecified atom stereocenters. The number of rotatable bonds is 6. The Morgan fingerprint density at radius 3 is 2.70 bits per heavy atom. The molecule has 3 atom stereocenters. The highest BCUT2D eigenvalue weighted by atomic mass is 35.5. The normalized spacial score (nSPS) is 24.2. The first kappa shape index (κ1) is 15.8. The summed E-state index contributed by atoms with van der Waals surface area (Å²) in [6.45, 7) is 7.20. The molecule has 1 aromatic rings. The molecule has 0 spiro atoms. The molecule has 1 aliphatic heterocycles. The number of aryl methyl sites for hydroxylation is 2. The molecule has 4 nitrogen and oxygen atoms in total. The van der Waals surface area contributed by atoms with Gasteiger partial charge in [0.15, 0.2) is 0 Å². The number of hydrogen-bond acceptors (Lipinski definition) is 3. The minimum Gasteiger partial charge on any atom is -0.374 e. The molecule has 0 bridgehead atoms. The van der Waals surface area contributed by atoms with Crippen molar-refractivity contribution in [3.05, 3.63) is 16.4 Å². The molecule has 2 heterocycles. The minimum atomic E-state index is 0.274. The average molecular weight is 300 g/mol. The van der Waals surface area contributed by atoms with Crippen LogP contribution in [-0.2, 0) is 24.1 Å². The minimum absolute atomic E-state index is 0.274. The van der Waals surface area contributed by atoms with Crippen LogP contribution in [0.15, 0.2) is 0 Å². The number of hydrogen-bond donors (Lipinski definition) is 1. The molecule has 0 aromatic carbocycles. The van der Waals surface area contributed by atoms with Crippen LogP contribution in [-0.4, -0.2) is 35.1 Å². The number of likely N-dealkylation sites (N-methyl/N-ethyl adjacent to an activating group) is 1. The van der Waals surface area contributed by atoms with Crippen LogP contribution in [0.5, 0.6) is 0 Å². The van der Waals surface area contributed by atoms with Gasteiger partial charge in [-0.05, 0) is 40.2 Å². The van der Waals surface area contributed by atoms with Crippen LogP contribution < -0.4 is 5.32 Å². The van der Waals surface area contributed by atoms with Crippen molar-refractivity contribution in [1.82, 2.24) is 15.1 Å². The monoisotopic (exact) mass is 299 g/mol. The van der Waals surface area contributed by atoms with Crippen LogP contribution in [0.1, 0.15) is 45.0 Å². The smallest absolute Gasteiger partial charge is 0.0850 e. The second kappa shape index (κ2) is 6.92. The summed E-state index contributed by atoms with van der Waals surface area (Å²) in [7, 11) is 2.00. The standard InChI is InChI=1S/C15H26ClN3O/c1-5-11-15(16)13(19(6-2)18-11)9-12(17-4)14-8-7-10(3)20-14/h10,12,14,17H,5-9H2,1-4H3. The van der Waals surface area contributed by atoms with Gasteiger partial charge in [0.25, 0.3) is 0 Å². The van der Waals surface area contributed by atoms with E-state index in [9.17, 15) is 0 Å². The molecule has 1 aliphatic rings. The molecule has 0 aliphatic carbocycles. The molecule has 20 heavy (non-hydrogen) atoms. The van der Waals surface area contributed by atoms with Gasteiger partial charge in [0, 0.05) is 19.0 Å². The van der Waals surface area contributed by atoms with E-state index in [2.05, 4.69) is 31.2 Å². The van der Waals surface area contributed by atoms with E-state index in [1.54, 1.807) is 0 Å². The Bertz CT molecular complexity index is 447. The Balaban J connectivity index is 2.16. The van der Waals surface area contributed by atoms with Gasteiger partial charge in [0.1, 0.15) is 0 Å². The fourth-order valence-corrected chi connectivity index (χ4v) is 3.32. The van der Waals surface area contributed by atoms with E-state index < -0.39 is 0 Å². The van der Waals surface area contributed by atoms with Gasteiger partial charge in [-0.25, -0.2) is 0 Å². The van der Waals surface area contributed by atoms with Crippen molar-refractivity contribution in [1.29, 1.82) is 0 Å². The lowest BCUT2D eigenvalue weighted by Gasteiger charge is -2.23. The van der Waals surface area contributed by atoms with Gasteiger partial charge in [0.2, 0.25) is 0 Å². The maximum atomic E-state index is 6.49. The van der Waals surface area contributed by atoms with Gasteiger partial charge in [-0.1, -0.05) is 18.5 Å². The topological polar surface area (TPSA) is 39.1 Å². The van der Waals surface area contributed by atoms with E-state index >= 15 is 0 Å². The van der Waals surface area contributed by atoms with Gasteiger partial charge >= 0.3 is 0 Å². The Labute approximate surface area is 126 Å². The van der Waals surface area contributed by atoms with E-state index in [0.717, 1.165) is 48.6 Å². The van der Waals surface area contributed by atoms with Gasteiger partial charge in [-0.2, -0.15) is 5.10 Å². The van der Waals surface area contributed by atoms with Crippen molar-refractivity contribution in [2.45, 2.75) is 71.2 Å². The second-order valence-electron chi connectivity index (χ2n) is 5.54. The van der Waals surface area contributed by atoms with Crippen LogP contribution in [0.25, 0.3) is 0 Å². The molecule has 1 N–H and O–H groups in total. The van der Waals surface area contributed by atoms with Crippen LogP contribution in [0, 0.1) is 0 Å². The first-order valence-corrected chi connectivity index (χ1v) is 8.05. The Hall–Kier alpha value is -0.580. The summed E-state index contributed by atoms with van der Waals surface area (Å²) in [5.74, 6) is 0. The summed E-state index contributed by atoms with van der Waals surface area (Å²) in [5, 5.41) is 8.82. The number of nitrogens with zero attached hydrogens (tertiary/aromatic N) is 2. The van der Waals surface area contributed by atoms with E-state index in [1.165, 1.54) is 0 Å². The molecule has 2 rings (SSSR count). The highest BCUT2D eigenvalue weighted by Gasteiger charge is 2.30. The number of nitrogens with one attached hydrogen (secondary N) is 1. The zero-order valence-corrected chi connectivity index (χ0v) is 13.7. The predicted molar refractivity (Wildman–Crippen MR) is 82.4 cm³/mol. The van der Waals surface area contributed by atoms with Gasteiger partial charge < -0.3 is 10.1 Å². The van der Waals surface area contributed by atoms with Crippen molar-refractivity contribution in [2.75, 3.05) is 7.05 Å².